The molecule has 2 atom stereocenters. The number of rotatable bonds is 2. The lowest BCUT2D eigenvalue weighted by molar-refractivity contribution is -0.147. The SMILES string of the molecule is CC(=O)NC1(C(=O)O)CCS(=O)(=O)C1C. The molecule has 0 aromatic rings. The number of hydrogen-bond donors (Lipinski definition) is 2. The van der Waals surface area contributed by atoms with E-state index in [-0.39, 0.29) is 12.2 Å². The molecule has 2 unspecified atom stereocenters. The van der Waals surface area contributed by atoms with E-state index in [1.807, 2.05) is 0 Å². The molecule has 2 N–H and O–H groups in total. The molecule has 1 saturated heterocycles. The predicted octanol–water partition coefficient (Wildman–Crippen LogP) is -0.847. The standard InChI is InChI=1S/C8H13NO5S/c1-5-8(7(11)12,9-6(2)10)3-4-15(5,13)14/h5H,3-4H2,1-2H3,(H,9,10)(H,11,12). The zero-order valence-corrected chi connectivity index (χ0v) is 9.30. The monoisotopic (exact) mass is 235 g/mol. The number of carbonyl (C=O) groups excluding carboxylic acids is 1. The third-order valence-corrected chi connectivity index (χ3v) is 5.05. The largest absolute Gasteiger partial charge is 0.479 e. The average Bonchev–Trinajstić information content (AvgIpc) is 2.29. The van der Waals surface area contributed by atoms with Gasteiger partial charge in [0.25, 0.3) is 0 Å². The van der Waals surface area contributed by atoms with Gasteiger partial charge in [0.15, 0.2) is 15.4 Å². The second kappa shape index (κ2) is 3.48. The second-order valence-electron chi connectivity index (χ2n) is 3.72. The van der Waals surface area contributed by atoms with Crippen molar-refractivity contribution < 1.29 is 23.1 Å². The maximum absolute atomic E-state index is 11.4. The lowest BCUT2D eigenvalue weighted by Crippen LogP contribution is -2.59. The molecule has 0 aromatic carbocycles. The molecule has 0 aliphatic carbocycles. The number of aliphatic carboxylic acids is 1. The van der Waals surface area contributed by atoms with Crippen molar-refractivity contribution in [3.05, 3.63) is 0 Å². The van der Waals surface area contributed by atoms with Crippen LogP contribution < -0.4 is 5.32 Å². The molecule has 86 valence electrons. The van der Waals surface area contributed by atoms with Gasteiger partial charge in [0.2, 0.25) is 5.91 Å². The molecule has 6 nitrogen and oxygen atoms in total. The Kier molecular flexibility index (Phi) is 2.77. The molecule has 1 fully saturated rings. The summed E-state index contributed by atoms with van der Waals surface area (Å²) in [6.07, 6.45) is -0.0780. The van der Waals surface area contributed by atoms with Gasteiger partial charge in [0, 0.05) is 6.92 Å². The Hall–Kier alpha value is -1.11. The van der Waals surface area contributed by atoms with Crippen LogP contribution in [0.15, 0.2) is 0 Å². The third-order valence-electron chi connectivity index (χ3n) is 2.79. The first-order valence-electron chi connectivity index (χ1n) is 4.46. The molecule has 0 bridgehead atoms. The summed E-state index contributed by atoms with van der Waals surface area (Å²) in [6.45, 7) is 2.48. The Morgan fingerprint density at radius 3 is 2.27 bits per heavy atom. The Morgan fingerprint density at radius 1 is 1.47 bits per heavy atom. The first kappa shape index (κ1) is 12.0. The number of amides is 1. The van der Waals surface area contributed by atoms with Gasteiger partial charge in [-0.3, -0.25) is 4.79 Å². The van der Waals surface area contributed by atoms with E-state index in [1.54, 1.807) is 0 Å². The van der Waals surface area contributed by atoms with Crippen molar-refractivity contribution in [3.8, 4) is 0 Å². The Labute approximate surface area is 87.6 Å². The lowest BCUT2D eigenvalue weighted by Gasteiger charge is -2.28. The smallest absolute Gasteiger partial charge is 0.330 e. The van der Waals surface area contributed by atoms with Crippen LogP contribution in [-0.2, 0) is 19.4 Å². The van der Waals surface area contributed by atoms with Crippen LogP contribution in [0.3, 0.4) is 0 Å². The lowest BCUT2D eigenvalue weighted by atomic mass is 9.93. The summed E-state index contributed by atoms with van der Waals surface area (Å²) in [5.74, 6) is -2.05. The summed E-state index contributed by atoms with van der Waals surface area (Å²) in [5, 5.41) is 10.2. The van der Waals surface area contributed by atoms with Crippen LogP contribution >= 0.6 is 0 Å². The van der Waals surface area contributed by atoms with Crippen LogP contribution in [0.25, 0.3) is 0 Å². The molecule has 1 aliphatic rings. The predicted molar refractivity (Wildman–Crippen MR) is 52.0 cm³/mol. The highest BCUT2D eigenvalue weighted by Crippen LogP contribution is 2.31. The van der Waals surface area contributed by atoms with E-state index in [9.17, 15) is 18.0 Å². The first-order chi connectivity index (χ1) is 6.72. The van der Waals surface area contributed by atoms with E-state index in [2.05, 4.69) is 5.32 Å². The van der Waals surface area contributed by atoms with E-state index in [1.165, 1.54) is 13.8 Å². The number of sulfone groups is 1. The quantitative estimate of drug-likeness (QED) is 0.649. The fourth-order valence-corrected chi connectivity index (χ4v) is 3.65. The Balaban J connectivity index is 3.16. The minimum Gasteiger partial charge on any atom is -0.479 e. The molecule has 15 heavy (non-hydrogen) atoms. The Morgan fingerprint density at radius 2 is 2.00 bits per heavy atom. The van der Waals surface area contributed by atoms with Crippen LogP contribution in [0.2, 0.25) is 0 Å². The second-order valence-corrected chi connectivity index (χ2v) is 6.16. The van der Waals surface area contributed by atoms with Gasteiger partial charge in [-0.05, 0) is 13.3 Å². The minimum absolute atomic E-state index is 0.0780. The summed E-state index contributed by atoms with van der Waals surface area (Å²) < 4.78 is 22.9. The first-order valence-corrected chi connectivity index (χ1v) is 6.17. The summed E-state index contributed by atoms with van der Waals surface area (Å²) in [4.78, 5) is 22.0. The molecule has 0 aromatic heterocycles. The highest BCUT2D eigenvalue weighted by molar-refractivity contribution is 7.92. The fourth-order valence-electron chi connectivity index (χ4n) is 1.80. The van der Waals surface area contributed by atoms with Crippen molar-refractivity contribution in [3.63, 3.8) is 0 Å². The van der Waals surface area contributed by atoms with Crippen molar-refractivity contribution in [2.24, 2.45) is 0 Å². The summed E-state index contributed by atoms with van der Waals surface area (Å²) in [5.41, 5.74) is -1.66. The zero-order chi connectivity index (χ0) is 11.9. The van der Waals surface area contributed by atoms with Gasteiger partial charge in [-0.2, -0.15) is 0 Å². The van der Waals surface area contributed by atoms with Crippen LogP contribution in [0.1, 0.15) is 20.3 Å². The van der Waals surface area contributed by atoms with Crippen molar-refractivity contribution in [1.82, 2.24) is 5.32 Å². The summed E-state index contributed by atoms with van der Waals surface area (Å²) in [6, 6.07) is 0. The molecule has 1 aliphatic heterocycles. The highest BCUT2D eigenvalue weighted by atomic mass is 32.2. The van der Waals surface area contributed by atoms with Gasteiger partial charge in [-0.25, -0.2) is 13.2 Å². The molecular weight excluding hydrogens is 222 g/mol. The van der Waals surface area contributed by atoms with Gasteiger partial charge in [0.05, 0.1) is 11.0 Å². The van der Waals surface area contributed by atoms with E-state index in [4.69, 9.17) is 5.11 Å². The number of carboxylic acid groups (broad SMARTS) is 1. The van der Waals surface area contributed by atoms with Crippen molar-refractivity contribution in [2.75, 3.05) is 5.75 Å². The normalized spacial score (nSPS) is 33.6. The molecule has 0 saturated carbocycles. The number of hydrogen-bond acceptors (Lipinski definition) is 4. The van der Waals surface area contributed by atoms with Crippen molar-refractivity contribution >= 4 is 21.7 Å². The number of nitrogens with one attached hydrogen (secondary N) is 1. The van der Waals surface area contributed by atoms with E-state index < -0.39 is 32.5 Å². The third kappa shape index (κ3) is 1.83. The van der Waals surface area contributed by atoms with Gasteiger partial charge in [0.1, 0.15) is 0 Å². The topological polar surface area (TPSA) is 101 Å². The summed E-state index contributed by atoms with van der Waals surface area (Å²) >= 11 is 0. The minimum atomic E-state index is -3.42. The highest BCUT2D eigenvalue weighted by Gasteiger charge is 2.55. The zero-order valence-electron chi connectivity index (χ0n) is 8.48. The van der Waals surface area contributed by atoms with Gasteiger partial charge >= 0.3 is 5.97 Å². The average molecular weight is 235 g/mol. The van der Waals surface area contributed by atoms with Crippen LogP contribution in [-0.4, -0.2) is 41.9 Å². The fraction of sp³-hybridized carbons (Fsp3) is 0.750. The van der Waals surface area contributed by atoms with E-state index in [0.717, 1.165) is 0 Å². The molecule has 0 spiro atoms. The molecular formula is C8H13NO5S. The van der Waals surface area contributed by atoms with Crippen molar-refractivity contribution in [2.45, 2.75) is 31.1 Å². The maximum atomic E-state index is 11.4. The molecule has 1 rings (SSSR count). The number of carboxylic acids is 1. The van der Waals surface area contributed by atoms with E-state index in [0.29, 0.717) is 0 Å². The number of carbonyl (C=O) groups is 2. The van der Waals surface area contributed by atoms with Crippen LogP contribution in [0, 0.1) is 0 Å². The maximum Gasteiger partial charge on any atom is 0.330 e. The van der Waals surface area contributed by atoms with Crippen LogP contribution in [0.5, 0.6) is 0 Å². The Bertz CT molecular complexity index is 401. The molecule has 1 amide bonds. The van der Waals surface area contributed by atoms with Gasteiger partial charge < -0.3 is 10.4 Å². The van der Waals surface area contributed by atoms with Crippen LogP contribution in [0.4, 0.5) is 0 Å². The van der Waals surface area contributed by atoms with Gasteiger partial charge in [-0.1, -0.05) is 0 Å². The summed E-state index contributed by atoms with van der Waals surface area (Å²) in [7, 11) is -3.42. The van der Waals surface area contributed by atoms with Gasteiger partial charge in [-0.15, -0.1) is 0 Å². The van der Waals surface area contributed by atoms with E-state index >= 15 is 0 Å². The molecule has 1 heterocycles. The molecule has 7 heteroatoms. The van der Waals surface area contributed by atoms with Crippen molar-refractivity contribution in [1.29, 1.82) is 0 Å². The molecule has 0 radical (unpaired) electrons.